The van der Waals surface area contributed by atoms with E-state index in [1.807, 2.05) is 0 Å². The van der Waals surface area contributed by atoms with E-state index < -0.39 is 5.97 Å². The van der Waals surface area contributed by atoms with E-state index in [1.54, 1.807) is 0 Å². The van der Waals surface area contributed by atoms with E-state index in [-0.39, 0.29) is 10.8 Å². The molecule has 4 nitrogen and oxygen atoms in total. The van der Waals surface area contributed by atoms with E-state index in [9.17, 15) is 4.79 Å². The van der Waals surface area contributed by atoms with Gasteiger partial charge in [-0.1, -0.05) is 11.6 Å². The molecular formula is C10H11ClN2O2. The smallest absolute Gasteiger partial charge is 0.359 e. The van der Waals surface area contributed by atoms with Crippen LogP contribution in [0, 0.1) is 0 Å². The number of hydrogen-bond acceptors (Lipinski definition) is 4. The molecule has 0 aliphatic heterocycles. The Hall–Kier alpha value is -1.16. The van der Waals surface area contributed by atoms with Crippen molar-refractivity contribution in [2.45, 2.75) is 25.7 Å². The van der Waals surface area contributed by atoms with Gasteiger partial charge in [-0.3, -0.25) is 0 Å². The summed E-state index contributed by atoms with van der Waals surface area (Å²) in [5.41, 5.74) is 1.92. The Balaban J connectivity index is 2.44. The number of halogens is 1. The summed E-state index contributed by atoms with van der Waals surface area (Å²) in [7, 11) is 1.31. The number of carbonyl (C=O) groups is 1. The second-order valence-corrected chi connectivity index (χ2v) is 3.81. The van der Waals surface area contributed by atoms with E-state index in [0.29, 0.717) is 0 Å². The lowest BCUT2D eigenvalue weighted by Gasteiger charge is -2.14. The largest absolute Gasteiger partial charge is 0.464 e. The highest BCUT2D eigenvalue weighted by Crippen LogP contribution is 2.21. The lowest BCUT2D eigenvalue weighted by atomic mass is 10.0. The van der Waals surface area contributed by atoms with E-state index >= 15 is 0 Å². The SMILES string of the molecule is COC(=O)c1nc2c(nc1Cl)CCCC2. The average Bonchev–Trinajstić information content (AvgIpc) is 2.27. The molecule has 0 saturated carbocycles. The Morgan fingerprint density at radius 2 is 1.87 bits per heavy atom. The van der Waals surface area contributed by atoms with E-state index in [0.717, 1.165) is 37.1 Å². The van der Waals surface area contributed by atoms with Gasteiger partial charge in [0.1, 0.15) is 0 Å². The number of fused-ring (bicyclic) bond motifs is 1. The highest BCUT2D eigenvalue weighted by Gasteiger charge is 2.20. The van der Waals surface area contributed by atoms with Gasteiger partial charge in [-0.15, -0.1) is 0 Å². The Labute approximate surface area is 92.6 Å². The van der Waals surface area contributed by atoms with Crippen molar-refractivity contribution in [1.82, 2.24) is 9.97 Å². The average molecular weight is 227 g/mol. The first-order valence-electron chi connectivity index (χ1n) is 4.86. The summed E-state index contributed by atoms with van der Waals surface area (Å²) in [6.45, 7) is 0. The van der Waals surface area contributed by atoms with Crippen LogP contribution in [0.2, 0.25) is 5.15 Å². The van der Waals surface area contributed by atoms with Crippen LogP contribution in [0.4, 0.5) is 0 Å². The van der Waals surface area contributed by atoms with Gasteiger partial charge >= 0.3 is 5.97 Å². The van der Waals surface area contributed by atoms with Crippen molar-refractivity contribution in [3.8, 4) is 0 Å². The Morgan fingerprint density at radius 1 is 1.27 bits per heavy atom. The number of rotatable bonds is 1. The van der Waals surface area contributed by atoms with Crippen molar-refractivity contribution < 1.29 is 9.53 Å². The van der Waals surface area contributed by atoms with Crippen LogP contribution in [-0.4, -0.2) is 23.0 Å². The van der Waals surface area contributed by atoms with Crippen molar-refractivity contribution >= 4 is 17.6 Å². The maximum atomic E-state index is 11.3. The zero-order valence-corrected chi connectivity index (χ0v) is 9.17. The third-order valence-electron chi connectivity index (χ3n) is 2.46. The predicted octanol–water partition coefficient (Wildman–Crippen LogP) is 1.80. The minimum absolute atomic E-state index is 0.125. The summed E-state index contributed by atoms with van der Waals surface area (Å²) in [6, 6.07) is 0. The molecule has 15 heavy (non-hydrogen) atoms. The molecule has 0 spiro atoms. The highest BCUT2D eigenvalue weighted by molar-refractivity contribution is 6.32. The molecule has 0 aromatic carbocycles. The minimum Gasteiger partial charge on any atom is -0.464 e. The van der Waals surface area contributed by atoms with Crippen LogP contribution in [-0.2, 0) is 17.6 Å². The molecule has 80 valence electrons. The quantitative estimate of drug-likeness (QED) is 0.686. The van der Waals surface area contributed by atoms with Gasteiger partial charge < -0.3 is 4.74 Å². The maximum absolute atomic E-state index is 11.3. The van der Waals surface area contributed by atoms with Crippen LogP contribution in [0.15, 0.2) is 0 Å². The number of aryl methyl sites for hydroxylation is 2. The fourth-order valence-corrected chi connectivity index (χ4v) is 1.91. The number of esters is 1. The predicted molar refractivity (Wildman–Crippen MR) is 55.0 cm³/mol. The second kappa shape index (κ2) is 4.14. The summed E-state index contributed by atoms with van der Waals surface area (Å²) in [4.78, 5) is 19.7. The molecule has 0 radical (unpaired) electrons. The molecule has 1 aliphatic carbocycles. The fourth-order valence-electron chi connectivity index (χ4n) is 1.69. The van der Waals surface area contributed by atoms with Crippen molar-refractivity contribution in [3.63, 3.8) is 0 Å². The third-order valence-corrected chi connectivity index (χ3v) is 2.73. The molecule has 1 aromatic rings. The molecule has 1 heterocycles. The van der Waals surface area contributed by atoms with E-state index in [1.165, 1.54) is 7.11 Å². The van der Waals surface area contributed by atoms with E-state index in [2.05, 4.69) is 14.7 Å². The fraction of sp³-hybridized carbons (Fsp3) is 0.500. The van der Waals surface area contributed by atoms with Gasteiger partial charge in [0.15, 0.2) is 10.8 Å². The lowest BCUT2D eigenvalue weighted by Crippen LogP contribution is -2.14. The summed E-state index contributed by atoms with van der Waals surface area (Å²) in [6.07, 6.45) is 3.95. The lowest BCUT2D eigenvalue weighted by molar-refractivity contribution is 0.0593. The van der Waals surface area contributed by atoms with Crippen LogP contribution >= 0.6 is 11.6 Å². The first-order valence-corrected chi connectivity index (χ1v) is 5.23. The molecule has 0 saturated heterocycles. The maximum Gasteiger partial charge on any atom is 0.359 e. The van der Waals surface area contributed by atoms with Gasteiger partial charge in [-0.05, 0) is 25.7 Å². The van der Waals surface area contributed by atoms with E-state index in [4.69, 9.17) is 11.6 Å². The molecule has 1 aliphatic rings. The summed E-state index contributed by atoms with van der Waals surface area (Å²) >= 11 is 5.86. The van der Waals surface area contributed by atoms with Crippen molar-refractivity contribution in [2.24, 2.45) is 0 Å². The van der Waals surface area contributed by atoms with Gasteiger partial charge in [0.05, 0.1) is 18.5 Å². The normalized spacial score (nSPS) is 14.5. The summed E-state index contributed by atoms with van der Waals surface area (Å²) in [5, 5.41) is 0.141. The van der Waals surface area contributed by atoms with Crippen LogP contribution < -0.4 is 0 Å². The molecule has 5 heteroatoms. The number of nitrogens with zero attached hydrogens (tertiary/aromatic N) is 2. The molecular weight excluding hydrogens is 216 g/mol. The molecule has 0 fully saturated rings. The molecule has 0 amide bonds. The zero-order valence-electron chi connectivity index (χ0n) is 8.42. The Bertz CT molecular complexity index is 407. The van der Waals surface area contributed by atoms with Crippen LogP contribution in [0.5, 0.6) is 0 Å². The van der Waals surface area contributed by atoms with Crippen LogP contribution in [0.3, 0.4) is 0 Å². The number of carbonyl (C=O) groups excluding carboxylic acids is 1. The van der Waals surface area contributed by atoms with Gasteiger partial charge in [0, 0.05) is 0 Å². The summed E-state index contributed by atoms with van der Waals surface area (Å²) < 4.78 is 4.58. The van der Waals surface area contributed by atoms with Gasteiger partial charge in [-0.25, -0.2) is 14.8 Å². The standard InChI is InChI=1S/C10H11ClN2O2/c1-15-10(14)8-9(11)13-7-5-3-2-4-6(7)12-8/h2-5H2,1H3. The molecule has 0 bridgehead atoms. The zero-order chi connectivity index (χ0) is 10.8. The highest BCUT2D eigenvalue weighted by atomic mass is 35.5. The number of methoxy groups -OCH3 is 1. The van der Waals surface area contributed by atoms with Gasteiger partial charge in [0.2, 0.25) is 0 Å². The Morgan fingerprint density at radius 3 is 2.47 bits per heavy atom. The van der Waals surface area contributed by atoms with Crippen molar-refractivity contribution in [1.29, 1.82) is 0 Å². The molecule has 0 atom stereocenters. The monoisotopic (exact) mass is 226 g/mol. The first kappa shape index (κ1) is 10.4. The van der Waals surface area contributed by atoms with Crippen LogP contribution in [0.1, 0.15) is 34.7 Å². The first-order chi connectivity index (χ1) is 7.22. The minimum atomic E-state index is -0.527. The van der Waals surface area contributed by atoms with Gasteiger partial charge in [-0.2, -0.15) is 0 Å². The molecule has 2 rings (SSSR count). The Kier molecular flexibility index (Phi) is 2.86. The number of ether oxygens (including phenoxy) is 1. The molecule has 1 aromatic heterocycles. The number of hydrogen-bond donors (Lipinski definition) is 0. The van der Waals surface area contributed by atoms with Crippen molar-refractivity contribution in [3.05, 3.63) is 22.2 Å². The topological polar surface area (TPSA) is 52.1 Å². The van der Waals surface area contributed by atoms with Crippen LogP contribution in [0.25, 0.3) is 0 Å². The molecule has 0 N–H and O–H groups in total. The number of aromatic nitrogens is 2. The third kappa shape index (κ3) is 1.95. The molecule has 0 unspecified atom stereocenters. The second-order valence-electron chi connectivity index (χ2n) is 3.46. The van der Waals surface area contributed by atoms with Crippen molar-refractivity contribution in [2.75, 3.05) is 7.11 Å². The summed E-state index contributed by atoms with van der Waals surface area (Å²) in [5.74, 6) is -0.527. The van der Waals surface area contributed by atoms with Gasteiger partial charge in [0.25, 0.3) is 0 Å².